The largest absolute Gasteiger partial charge is 0.394 e. The van der Waals surface area contributed by atoms with E-state index in [2.05, 4.69) is 10.5 Å². The van der Waals surface area contributed by atoms with Crippen LogP contribution in [0.5, 0.6) is 0 Å². The van der Waals surface area contributed by atoms with E-state index in [1.807, 2.05) is 13.8 Å². The number of halogens is 2. The van der Waals surface area contributed by atoms with E-state index in [9.17, 15) is 23.5 Å². The minimum Gasteiger partial charge on any atom is -0.394 e. The van der Waals surface area contributed by atoms with Crippen LogP contribution in [0.2, 0.25) is 0 Å². The highest BCUT2D eigenvalue weighted by Crippen LogP contribution is 2.32. The summed E-state index contributed by atoms with van der Waals surface area (Å²) in [6.45, 7) is 5.69. The van der Waals surface area contributed by atoms with Crippen LogP contribution >= 0.6 is 0 Å². The summed E-state index contributed by atoms with van der Waals surface area (Å²) >= 11 is 0. The van der Waals surface area contributed by atoms with E-state index >= 15 is 0 Å². The number of hydrogen-bond donors (Lipinski definition) is 2. The number of likely N-dealkylation sites (tertiary alicyclic amines) is 1. The number of carbonyl (C=O) groups is 2. The average Bonchev–Trinajstić information content (AvgIpc) is 3.52. The third-order valence-electron chi connectivity index (χ3n) is 6.79. The van der Waals surface area contributed by atoms with E-state index in [0.29, 0.717) is 42.0 Å². The zero-order chi connectivity index (χ0) is 26.7. The molecule has 0 unspecified atom stereocenters. The SMILES string of the molecule is Cc1cc([C@H](C(=O)N2CCC[C@H]2C(=O)N[C@@H](CO)c2ccc(-c3c(F)cccc3F)cc2)C(C)C)on1. The molecule has 3 aromatic rings. The highest BCUT2D eigenvalue weighted by atomic mass is 19.1. The highest BCUT2D eigenvalue weighted by molar-refractivity contribution is 5.91. The molecule has 0 aliphatic carbocycles. The van der Waals surface area contributed by atoms with Crippen molar-refractivity contribution in [3.8, 4) is 11.1 Å². The van der Waals surface area contributed by atoms with Gasteiger partial charge in [0.05, 0.1) is 23.9 Å². The monoisotopic (exact) mass is 511 g/mol. The van der Waals surface area contributed by atoms with Crippen molar-refractivity contribution in [2.75, 3.05) is 13.2 Å². The van der Waals surface area contributed by atoms with Gasteiger partial charge in [0.15, 0.2) is 0 Å². The average molecular weight is 512 g/mol. The Balaban J connectivity index is 1.49. The smallest absolute Gasteiger partial charge is 0.243 e. The molecule has 9 heteroatoms. The normalized spacial score (nSPS) is 17.2. The molecule has 1 fully saturated rings. The van der Waals surface area contributed by atoms with Crippen molar-refractivity contribution in [3.05, 3.63) is 77.2 Å². The first-order valence-corrected chi connectivity index (χ1v) is 12.4. The van der Waals surface area contributed by atoms with Gasteiger partial charge in [-0.05, 0) is 48.9 Å². The topological polar surface area (TPSA) is 95.7 Å². The molecule has 2 N–H and O–H groups in total. The van der Waals surface area contributed by atoms with E-state index in [-0.39, 0.29) is 29.9 Å². The van der Waals surface area contributed by atoms with E-state index in [1.54, 1.807) is 42.2 Å². The Morgan fingerprint density at radius 1 is 1.16 bits per heavy atom. The number of aliphatic hydroxyl groups is 1. The second-order valence-electron chi connectivity index (χ2n) is 9.74. The summed E-state index contributed by atoms with van der Waals surface area (Å²) in [5, 5.41) is 16.7. The molecule has 0 bridgehead atoms. The lowest BCUT2D eigenvalue weighted by atomic mass is 9.91. The number of benzene rings is 2. The number of aliphatic hydroxyl groups excluding tert-OH is 1. The number of amides is 2. The van der Waals surface area contributed by atoms with Gasteiger partial charge in [0.25, 0.3) is 0 Å². The Morgan fingerprint density at radius 3 is 2.41 bits per heavy atom. The van der Waals surface area contributed by atoms with Gasteiger partial charge in [0.2, 0.25) is 11.8 Å². The van der Waals surface area contributed by atoms with Crippen molar-refractivity contribution < 1.29 is 28.0 Å². The third kappa shape index (κ3) is 5.56. The van der Waals surface area contributed by atoms with Crippen molar-refractivity contribution in [1.82, 2.24) is 15.4 Å². The summed E-state index contributed by atoms with van der Waals surface area (Å²) in [6, 6.07) is 10.3. The molecular weight excluding hydrogens is 480 g/mol. The zero-order valence-electron chi connectivity index (χ0n) is 21.1. The van der Waals surface area contributed by atoms with Crippen LogP contribution in [0.25, 0.3) is 11.1 Å². The van der Waals surface area contributed by atoms with Crippen LogP contribution in [0.4, 0.5) is 8.78 Å². The minimum atomic E-state index is -0.748. The standard InChI is InChI=1S/C28H31F2N3O4/c1-16(2)25(24-14-17(3)32-37-24)28(36)33-13-5-8-23(33)27(35)31-22(15-34)18-9-11-19(12-10-18)26-20(29)6-4-7-21(26)30/h4,6-7,9-12,14,16,22-23,25,34H,5,8,13,15H2,1-3H3,(H,31,35)/t22-,23-,25+/m0/s1. The Kier molecular flexibility index (Phi) is 8.02. The van der Waals surface area contributed by atoms with Crippen molar-refractivity contribution in [1.29, 1.82) is 0 Å². The number of nitrogens with zero attached hydrogens (tertiary/aromatic N) is 2. The molecule has 0 saturated carbocycles. The maximum Gasteiger partial charge on any atom is 0.243 e. The van der Waals surface area contributed by atoms with Crippen molar-refractivity contribution in [2.24, 2.45) is 5.92 Å². The van der Waals surface area contributed by atoms with Gasteiger partial charge in [-0.15, -0.1) is 0 Å². The van der Waals surface area contributed by atoms with E-state index < -0.39 is 29.6 Å². The molecule has 2 aromatic carbocycles. The number of aryl methyl sites for hydroxylation is 1. The van der Waals surface area contributed by atoms with Crippen molar-refractivity contribution in [3.63, 3.8) is 0 Å². The van der Waals surface area contributed by atoms with Crippen molar-refractivity contribution >= 4 is 11.8 Å². The van der Waals surface area contributed by atoms with Gasteiger partial charge in [-0.1, -0.05) is 49.3 Å². The predicted molar refractivity (Wildman–Crippen MR) is 133 cm³/mol. The first-order valence-electron chi connectivity index (χ1n) is 12.4. The summed E-state index contributed by atoms with van der Waals surface area (Å²) in [4.78, 5) is 28.4. The van der Waals surface area contributed by atoms with E-state index in [4.69, 9.17) is 4.52 Å². The third-order valence-corrected chi connectivity index (χ3v) is 6.79. The molecule has 1 aliphatic heterocycles. The first kappa shape index (κ1) is 26.5. The lowest BCUT2D eigenvalue weighted by Crippen LogP contribution is -2.49. The predicted octanol–water partition coefficient (Wildman–Crippen LogP) is 4.51. The Bertz CT molecular complexity index is 1240. The van der Waals surface area contributed by atoms with Crippen LogP contribution < -0.4 is 5.32 Å². The van der Waals surface area contributed by atoms with Crippen LogP contribution in [-0.2, 0) is 9.59 Å². The number of rotatable bonds is 8. The fourth-order valence-corrected chi connectivity index (χ4v) is 4.90. The van der Waals surface area contributed by atoms with Crippen LogP contribution in [0, 0.1) is 24.5 Å². The molecule has 1 aliphatic rings. The lowest BCUT2D eigenvalue weighted by molar-refractivity contribution is -0.141. The van der Waals surface area contributed by atoms with Gasteiger partial charge in [-0.25, -0.2) is 8.78 Å². The fraction of sp³-hybridized carbons (Fsp3) is 0.393. The summed E-state index contributed by atoms with van der Waals surface area (Å²) in [5.74, 6) is -2.06. The van der Waals surface area contributed by atoms with E-state index in [0.717, 1.165) is 0 Å². The number of hydrogen-bond acceptors (Lipinski definition) is 5. The molecule has 196 valence electrons. The Hall–Kier alpha value is -3.59. The molecule has 2 heterocycles. The van der Waals surface area contributed by atoms with Gasteiger partial charge in [0.1, 0.15) is 29.4 Å². The van der Waals surface area contributed by atoms with Crippen LogP contribution in [0.3, 0.4) is 0 Å². The Morgan fingerprint density at radius 2 is 1.84 bits per heavy atom. The zero-order valence-corrected chi connectivity index (χ0v) is 21.1. The maximum absolute atomic E-state index is 14.1. The van der Waals surface area contributed by atoms with Gasteiger partial charge in [-0.2, -0.15) is 0 Å². The molecule has 1 aromatic heterocycles. The number of aromatic nitrogens is 1. The van der Waals surface area contributed by atoms with Crippen LogP contribution in [-0.4, -0.2) is 46.2 Å². The van der Waals surface area contributed by atoms with E-state index in [1.165, 1.54) is 18.2 Å². The summed E-state index contributed by atoms with van der Waals surface area (Å²) in [7, 11) is 0. The molecule has 2 amide bonds. The highest BCUT2D eigenvalue weighted by Gasteiger charge is 2.40. The fourth-order valence-electron chi connectivity index (χ4n) is 4.90. The van der Waals surface area contributed by atoms with Crippen LogP contribution in [0.15, 0.2) is 53.1 Å². The van der Waals surface area contributed by atoms with Gasteiger partial charge in [-0.3, -0.25) is 9.59 Å². The Labute approximate surface area is 214 Å². The quantitative estimate of drug-likeness (QED) is 0.464. The number of nitrogens with one attached hydrogen (secondary N) is 1. The summed E-state index contributed by atoms with van der Waals surface area (Å²) in [5.41, 5.74) is 1.46. The molecule has 7 nitrogen and oxygen atoms in total. The van der Waals surface area contributed by atoms with Crippen molar-refractivity contribution in [2.45, 2.75) is 51.6 Å². The number of carbonyl (C=O) groups excluding carboxylic acids is 2. The summed E-state index contributed by atoms with van der Waals surface area (Å²) < 4.78 is 33.7. The molecule has 37 heavy (non-hydrogen) atoms. The van der Waals surface area contributed by atoms with Gasteiger partial charge >= 0.3 is 0 Å². The van der Waals surface area contributed by atoms with Gasteiger partial charge < -0.3 is 19.8 Å². The lowest BCUT2D eigenvalue weighted by Gasteiger charge is -2.30. The molecule has 0 radical (unpaired) electrons. The molecular formula is C28H31F2N3O4. The molecule has 0 spiro atoms. The van der Waals surface area contributed by atoms with Gasteiger partial charge in [0, 0.05) is 12.6 Å². The first-order chi connectivity index (χ1) is 17.7. The second-order valence-corrected chi connectivity index (χ2v) is 9.74. The summed E-state index contributed by atoms with van der Waals surface area (Å²) in [6.07, 6.45) is 1.18. The molecule has 4 rings (SSSR count). The second kappa shape index (κ2) is 11.2. The molecule has 1 saturated heterocycles. The molecule has 3 atom stereocenters. The van der Waals surface area contributed by atoms with Crippen LogP contribution in [0.1, 0.15) is 55.7 Å². The minimum absolute atomic E-state index is 0.0628. The maximum atomic E-state index is 14.1.